The Bertz CT molecular complexity index is 563. The zero-order valence-electron chi connectivity index (χ0n) is 15.1. The van der Waals surface area contributed by atoms with Crippen LogP contribution in [0.4, 0.5) is 0 Å². The highest BCUT2D eigenvalue weighted by Crippen LogP contribution is 2.23. The number of hydrogen-bond donors (Lipinski definition) is 0. The van der Waals surface area contributed by atoms with E-state index in [4.69, 9.17) is 0 Å². The van der Waals surface area contributed by atoms with Crippen LogP contribution in [0.3, 0.4) is 0 Å². The van der Waals surface area contributed by atoms with Crippen LogP contribution in [0.15, 0.2) is 41.6 Å². The number of thioether (sulfide) groups is 1. The van der Waals surface area contributed by atoms with Gasteiger partial charge in [-0.2, -0.15) is 0 Å². The van der Waals surface area contributed by atoms with Crippen LogP contribution in [0, 0.1) is 0 Å². The molecule has 0 radical (unpaired) electrons. The average Bonchev–Trinajstić information content (AvgIpc) is 2.63. The molecule has 0 fully saturated rings. The van der Waals surface area contributed by atoms with Crippen LogP contribution in [0.1, 0.15) is 64.4 Å². The SMILES string of the molecule is CCCCCCSc1ccc(-c2ncc(CCCCC)cn2)cc1. The first kappa shape index (κ1) is 19.0. The lowest BCUT2D eigenvalue weighted by atomic mass is 10.1. The van der Waals surface area contributed by atoms with Gasteiger partial charge in [-0.1, -0.05) is 58.1 Å². The number of aryl methyl sites for hydroxylation is 1. The van der Waals surface area contributed by atoms with Crippen LogP contribution in [0.25, 0.3) is 11.4 Å². The first-order valence-electron chi connectivity index (χ1n) is 9.37. The van der Waals surface area contributed by atoms with E-state index in [1.165, 1.54) is 61.2 Å². The summed E-state index contributed by atoms with van der Waals surface area (Å²) in [6, 6.07) is 8.66. The lowest BCUT2D eigenvalue weighted by Gasteiger charge is -2.05. The van der Waals surface area contributed by atoms with Gasteiger partial charge in [-0.05, 0) is 42.7 Å². The van der Waals surface area contributed by atoms with E-state index in [0.29, 0.717) is 0 Å². The summed E-state index contributed by atoms with van der Waals surface area (Å²) in [6.45, 7) is 4.48. The van der Waals surface area contributed by atoms with E-state index in [2.05, 4.69) is 48.1 Å². The van der Waals surface area contributed by atoms with Crippen LogP contribution < -0.4 is 0 Å². The van der Waals surface area contributed by atoms with Gasteiger partial charge in [0.15, 0.2) is 5.82 Å². The molecule has 0 amide bonds. The van der Waals surface area contributed by atoms with Gasteiger partial charge in [0.2, 0.25) is 0 Å². The second-order valence-corrected chi connectivity index (χ2v) is 7.47. The van der Waals surface area contributed by atoms with Gasteiger partial charge in [0.1, 0.15) is 0 Å². The van der Waals surface area contributed by atoms with Gasteiger partial charge in [0.05, 0.1) is 0 Å². The van der Waals surface area contributed by atoms with E-state index >= 15 is 0 Å². The number of hydrogen-bond acceptors (Lipinski definition) is 3. The summed E-state index contributed by atoms with van der Waals surface area (Å²) in [5.74, 6) is 2.04. The molecule has 3 heteroatoms. The standard InChI is InChI=1S/C21H30N2S/c1-3-5-7-9-15-24-20-13-11-19(12-14-20)21-22-16-18(17-23-21)10-8-6-4-2/h11-14,16-17H,3-10,15H2,1-2H3. The van der Waals surface area contributed by atoms with E-state index in [0.717, 1.165) is 17.8 Å². The average molecular weight is 343 g/mol. The molecule has 2 aromatic rings. The van der Waals surface area contributed by atoms with E-state index in [9.17, 15) is 0 Å². The number of aromatic nitrogens is 2. The van der Waals surface area contributed by atoms with Crippen molar-refractivity contribution in [1.29, 1.82) is 0 Å². The Morgan fingerprint density at radius 1 is 0.792 bits per heavy atom. The predicted molar refractivity (Wildman–Crippen MR) is 106 cm³/mol. The Morgan fingerprint density at radius 2 is 1.46 bits per heavy atom. The molecule has 0 aliphatic heterocycles. The molecule has 0 saturated carbocycles. The molecule has 0 aliphatic carbocycles. The third-order valence-electron chi connectivity index (χ3n) is 4.15. The summed E-state index contributed by atoms with van der Waals surface area (Å²) in [4.78, 5) is 10.4. The monoisotopic (exact) mass is 342 g/mol. The van der Waals surface area contributed by atoms with Crippen molar-refractivity contribution in [2.24, 2.45) is 0 Å². The Labute approximate surface area is 151 Å². The maximum Gasteiger partial charge on any atom is 0.159 e. The van der Waals surface area contributed by atoms with Gasteiger partial charge < -0.3 is 0 Å². The smallest absolute Gasteiger partial charge is 0.159 e. The number of nitrogens with zero attached hydrogens (tertiary/aromatic N) is 2. The summed E-state index contributed by atoms with van der Waals surface area (Å²) >= 11 is 1.95. The van der Waals surface area contributed by atoms with Gasteiger partial charge in [-0.25, -0.2) is 9.97 Å². The molecule has 1 aromatic carbocycles. The molecular weight excluding hydrogens is 312 g/mol. The third-order valence-corrected chi connectivity index (χ3v) is 5.25. The molecular formula is C21H30N2S. The Kier molecular flexibility index (Phi) is 8.90. The van der Waals surface area contributed by atoms with Crippen LogP contribution >= 0.6 is 11.8 Å². The van der Waals surface area contributed by atoms with Crippen molar-refractivity contribution in [3.63, 3.8) is 0 Å². The molecule has 0 atom stereocenters. The summed E-state index contributed by atoms with van der Waals surface area (Å²) < 4.78 is 0. The van der Waals surface area contributed by atoms with Crippen molar-refractivity contribution in [1.82, 2.24) is 9.97 Å². The Balaban J connectivity index is 1.83. The molecule has 130 valence electrons. The molecule has 1 aromatic heterocycles. The maximum atomic E-state index is 4.54. The normalized spacial score (nSPS) is 10.9. The predicted octanol–water partition coefficient (Wildman–Crippen LogP) is 6.55. The lowest BCUT2D eigenvalue weighted by molar-refractivity contribution is 0.706. The molecule has 0 spiro atoms. The summed E-state index contributed by atoms with van der Waals surface area (Å²) in [5.41, 5.74) is 2.34. The zero-order chi connectivity index (χ0) is 17.0. The van der Waals surface area contributed by atoms with Crippen LogP contribution in [0.5, 0.6) is 0 Å². The minimum atomic E-state index is 0.828. The number of rotatable bonds is 11. The molecule has 2 nitrogen and oxygen atoms in total. The van der Waals surface area contributed by atoms with Crippen molar-refractivity contribution in [2.45, 2.75) is 70.1 Å². The fourth-order valence-corrected chi connectivity index (χ4v) is 3.54. The van der Waals surface area contributed by atoms with Gasteiger partial charge in [-0.15, -0.1) is 11.8 Å². The first-order valence-corrected chi connectivity index (χ1v) is 10.4. The molecule has 1 heterocycles. The Hall–Kier alpha value is -1.35. The molecule has 0 saturated heterocycles. The lowest BCUT2D eigenvalue weighted by Crippen LogP contribution is -1.93. The van der Waals surface area contributed by atoms with E-state index in [-0.39, 0.29) is 0 Å². The molecule has 0 unspecified atom stereocenters. The highest BCUT2D eigenvalue weighted by atomic mass is 32.2. The summed E-state index contributed by atoms with van der Waals surface area (Å²) in [6.07, 6.45) is 14.1. The van der Waals surface area contributed by atoms with Gasteiger partial charge >= 0.3 is 0 Å². The first-order chi connectivity index (χ1) is 11.8. The largest absolute Gasteiger partial charge is 0.236 e. The molecule has 0 aliphatic rings. The fraction of sp³-hybridized carbons (Fsp3) is 0.524. The van der Waals surface area contributed by atoms with Gasteiger partial charge in [-0.3, -0.25) is 0 Å². The highest BCUT2D eigenvalue weighted by molar-refractivity contribution is 7.99. The van der Waals surface area contributed by atoms with E-state index < -0.39 is 0 Å². The maximum absolute atomic E-state index is 4.54. The van der Waals surface area contributed by atoms with E-state index in [1.807, 2.05) is 24.2 Å². The minimum Gasteiger partial charge on any atom is -0.236 e. The molecule has 24 heavy (non-hydrogen) atoms. The quantitative estimate of drug-likeness (QED) is 0.342. The van der Waals surface area contributed by atoms with E-state index in [1.54, 1.807) is 0 Å². The summed E-state index contributed by atoms with van der Waals surface area (Å²) in [7, 11) is 0. The molecule has 0 N–H and O–H groups in total. The second-order valence-electron chi connectivity index (χ2n) is 6.31. The molecule has 0 bridgehead atoms. The zero-order valence-corrected chi connectivity index (χ0v) is 15.9. The van der Waals surface area contributed by atoms with Crippen molar-refractivity contribution in [2.75, 3.05) is 5.75 Å². The Morgan fingerprint density at radius 3 is 2.12 bits per heavy atom. The number of benzene rings is 1. The van der Waals surface area contributed by atoms with Crippen LogP contribution in [0.2, 0.25) is 0 Å². The van der Waals surface area contributed by atoms with Crippen molar-refractivity contribution >= 4 is 11.8 Å². The van der Waals surface area contributed by atoms with Gasteiger partial charge in [0, 0.05) is 22.9 Å². The van der Waals surface area contributed by atoms with Crippen LogP contribution in [-0.2, 0) is 6.42 Å². The highest BCUT2D eigenvalue weighted by Gasteiger charge is 2.02. The number of unbranched alkanes of at least 4 members (excludes halogenated alkanes) is 5. The topological polar surface area (TPSA) is 25.8 Å². The van der Waals surface area contributed by atoms with Crippen molar-refractivity contribution < 1.29 is 0 Å². The molecule has 2 rings (SSSR count). The summed E-state index contributed by atoms with van der Waals surface area (Å²) in [5, 5.41) is 0. The fourth-order valence-electron chi connectivity index (χ4n) is 2.63. The van der Waals surface area contributed by atoms with Crippen molar-refractivity contribution in [3.05, 3.63) is 42.2 Å². The van der Waals surface area contributed by atoms with Crippen molar-refractivity contribution in [3.8, 4) is 11.4 Å². The third kappa shape index (κ3) is 6.64. The van der Waals surface area contributed by atoms with Crippen LogP contribution in [-0.4, -0.2) is 15.7 Å². The van der Waals surface area contributed by atoms with Gasteiger partial charge in [0.25, 0.3) is 0 Å². The minimum absolute atomic E-state index is 0.828. The second kappa shape index (κ2) is 11.2.